The van der Waals surface area contributed by atoms with Crippen molar-refractivity contribution in [3.05, 3.63) is 48.3 Å². The highest BCUT2D eigenvalue weighted by Crippen LogP contribution is 2.16. The fourth-order valence-electron chi connectivity index (χ4n) is 2.76. The highest BCUT2D eigenvalue weighted by atomic mass is 16.5. The first kappa shape index (κ1) is 22.9. The third kappa shape index (κ3) is 8.66. The van der Waals surface area contributed by atoms with Crippen LogP contribution < -0.4 is 10.6 Å². The molecule has 0 radical (unpaired) electrons. The van der Waals surface area contributed by atoms with Gasteiger partial charge in [0.25, 0.3) is 0 Å². The monoisotopic (exact) mass is 401 g/mol. The Morgan fingerprint density at radius 2 is 1.97 bits per heavy atom. The number of hydrogen-bond acceptors (Lipinski definition) is 4. The normalized spacial score (nSPS) is 12.7. The van der Waals surface area contributed by atoms with Gasteiger partial charge >= 0.3 is 0 Å². The maximum atomic E-state index is 5.59. The van der Waals surface area contributed by atoms with Gasteiger partial charge in [0.2, 0.25) is 0 Å². The molecule has 1 aromatic heterocycles. The molecule has 2 aromatic rings. The molecule has 160 valence electrons. The summed E-state index contributed by atoms with van der Waals surface area (Å²) in [5.74, 6) is 0.785. The van der Waals surface area contributed by atoms with E-state index in [1.165, 1.54) is 5.56 Å². The van der Waals surface area contributed by atoms with Gasteiger partial charge in [-0.15, -0.1) is 0 Å². The Hall–Kier alpha value is -2.38. The lowest BCUT2D eigenvalue weighted by Crippen LogP contribution is -2.39. The van der Waals surface area contributed by atoms with Gasteiger partial charge in [-0.25, -0.2) is 4.68 Å². The molecule has 0 saturated heterocycles. The lowest BCUT2D eigenvalue weighted by atomic mass is 10.1. The first-order chi connectivity index (χ1) is 14.2. The molecular formula is C22H35N5O2. The van der Waals surface area contributed by atoms with Crippen LogP contribution in [0.25, 0.3) is 5.69 Å². The zero-order valence-corrected chi connectivity index (χ0v) is 17.9. The highest BCUT2D eigenvalue weighted by molar-refractivity contribution is 5.80. The van der Waals surface area contributed by atoms with E-state index in [2.05, 4.69) is 53.6 Å². The summed E-state index contributed by atoms with van der Waals surface area (Å²) in [4.78, 5) is 4.61. The minimum atomic E-state index is 0.108. The van der Waals surface area contributed by atoms with Gasteiger partial charge in [-0.1, -0.05) is 25.5 Å². The van der Waals surface area contributed by atoms with Gasteiger partial charge in [-0.05, 0) is 44.0 Å². The van der Waals surface area contributed by atoms with Crippen LogP contribution in [0.4, 0.5) is 0 Å². The summed E-state index contributed by atoms with van der Waals surface area (Å²) in [7, 11) is 0. The van der Waals surface area contributed by atoms with Crippen LogP contribution in [0.5, 0.6) is 0 Å². The molecule has 0 aliphatic rings. The first-order valence-corrected chi connectivity index (χ1v) is 10.5. The van der Waals surface area contributed by atoms with E-state index in [9.17, 15) is 0 Å². The number of guanidine groups is 1. The average molecular weight is 402 g/mol. The quantitative estimate of drug-likeness (QED) is 0.306. The van der Waals surface area contributed by atoms with Gasteiger partial charge in [0.05, 0.1) is 38.1 Å². The van der Waals surface area contributed by atoms with E-state index >= 15 is 0 Å². The van der Waals surface area contributed by atoms with Crippen molar-refractivity contribution in [2.75, 3.05) is 39.5 Å². The summed E-state index contributed by atoms with van der Waals surface area (Å²) in [5, 5.41) is 11.1. The topological polar surface area (TPSA) is 72.7 Å². The van der Waals surface area contributed by atoms with Crippen molar-refractivity contribution in [3.8, 4) is 5.69 Å². The zero-order valence-electron chi connectivity index (χ0n) is 17.9. The largest absolute Gasteiger partial charge is 0.379 e. The Morgan fingerprint density at radius 1 is 1.14 bits per heavy atom. The number of aromatic nitrogens is 2. The maximum absolute atomic E-state index is 5.59. The van der Waals surface area contributed by atoms with Crippen LogP contribution in [0.15, 0.2) is 47.7 Å². The fourth-order valence-corrected chi connectivity index (χ4v) is 2.76. The van der Waals surface area contributed by atoms with Crippen LogP contribution in [0.3, 0.4) is 0 Å². The molecule has 0 saturated carbocycles. The molecule has 0 fully saturated rings. The summed E-state index contributed by atoms with van der Waals surface area (Å²) in [6.45, 7) is 10.4. The predicted octanol–water partition coefficient (Wildman–Crippen LogP) is 3.32. The van der Waals surface area contributed by atoms with E-state index < -0.39 is 0 Å². The Morgan fingerprint density at radius 3 is 2.69 bits per heavy atom. The molecule has 0 bridgehead atoms. The number of benzene rings is 1. The molecule has 29 heavy (non-hydrogen) atoms. The summed E-state index contributed by atoms with van der Waals surface area (Å²) in [5.41, 5.74) is 2.21. The van der Waals surface area contributed by atoms with Crippen molar-refractivity contribution in [3.63, 3.8) is 0 Å². The van der Waals surface area contributed by atoms with Crippen LogP contribution in [0.2, 0.25) is 0 Å². The number of nitrogens with zero attached hydrogens (tertiary/aromatic N) is 3. The molecule has 0 amide bonds. The summed E-state index contributed by atoms with van der Waals surface area (Å²) < 4.78 is 12.9. The van der Waals surface area contributed by atoms with E-state index in [4.69, 9.17) is 9.47 Å². The summed E-state index contributed by atoms with van der Waals surface area (Å²) in [6.07, 6.45) is 5.98. The Balaban J connectivity index is 1.80. The van der Waals surface area contributed by atoms with E-state index in [1.807, 2.05) is 29.1 Å². The fraction of sp³-hybridized carbons (Fsp3) is 0.545. The lowest BCUT2D eigenvalue weighted by Gasteiger charge is -2.19. The lowest BCUT2D eigenvalue weighted by molar-refractivity contribution is 0.0497. The predicted molar refractivity (Wildman–Crippen MR) is 118 cm³/mol. The van der Waals surface area contributed by atoms with E-state index in [-0.39, 0.29) is 6.04 Å². The molecule has 1 unspecified atom stereocenters. The van der Waals surface area contributed by atoms with Crippen molar-refractivity contribution in [2.45, 2.75) is 39.7 Å². The average Bonchev–Trinajstić information content (AvgIpc) is 3.27. The van der Waals surface area contributed by atoms with Crippen LogP contribution in [0.1, 0.15) is 45.2 Å². The van der Waals surface area contributed by atoms with Crippen LogP contribution >= 0.6 is 0 Å². The SMILES string of the molecule is CCCCOCCOCCN=C(NCC)NC(C)c1cccc(-n2cccn2)c1. The van der Waals surface area contributed by atoms with E-state index in [0.717, 1.165) is 37.6 Å². The van der Waals surface area contributed by atoms with Gasteiger partial charge in [0.15, 0.2) is 5.96 Å². The molecule has 0 aliphatic heterocycles. The number of ether oxygens (including phenoxy) is 2. The molecule has 2 N–H and O–H groups in total. The van der Waals surface area contributed by atoms with Crippen molar-refractivity contribution in [1.82, 2.24) is 20.4 Å². The summed E-state index contributed by atoms with van der Waals surface area (Å²) >= 11 is 0. The van der Waals surface area contributed by atoms with E-state index in [1.54, 1.807) is 6.20 Å². The van der Waals surface area contributed by atoms with Gasteiger partial charge in [-0.3, -0.25) is 4.99 Å². The summed E-state index contributed by atoms with van der Waals surface area (Å²) in [6, 6.07) is 10.4. The van der Waals surface area contributed by atoms with Gasteiger partial charge in [0, 0.05) is 25.5 Å². The van der Waals surface area contributed by atoms with Crippen LogP contribution in [-0.2, 0) is 9.47 Å². The third-order valence-electron chi connectivity index (χ3n) is 4.36. The molecule has 0 spiro atoms. The first-order valence-electron chi connectivity index (χ1n) is 10.5. The Labute approximate surface area is 174 Å². The number of aliphatic imine (C=N–C) groups is 1. The molecule has 1 aromatic carbocycles. The number of rotatable bonds is 13. The standard InChI is InChI=1S/C22H35N5O2/c1-4-6-14-28-16-17-29-15-12-24-22(23-5-2)26-19(3)20-9-7-10-21(18-20)27-13-8-11-25-27/h7-11,13,18-19H,4-6,12,14-17H2,1-3H3,(H2,23,24,26). The van der Waals surface area contributed by atoms with Gasteiger partial charge < -0.3 is 20.1 Å². The van der Waals surface area contributed by atoms with Gasteiger partial charge in [0.1, 0.15) is 0 Å². The van der Waals surface area contributed by atoms with Crippen LogP contribution in [0, 0.1) is 0 Å². The highest BCUT2D eigenvalue weighted by Gasteiger charge is 2.09. The zero-order chi connectivity index (χ0) is 20.7. The third-order valence-corrected chi connectivity index (χ3v) is 4.36. The van der Waals surface area contributed by atoms with Crippen molar-refractivity contribution in [1.29, 1.82) is 0 Å². The van der Waals surface area contributed by atoms with Crippen molar-refractivity contribution >= 4 is 5.96 Å². The molecule has 0 aliphatic carbocycles. The minimum absolute atomic E-state index is 0.108. The maximum Gasteiger partial charge on any atom is 0.191 e. The smallest absolute Gasteiger partial charge is 0.191 e. The van der Waals surface area contributed by atoms with Crippen LogP contribution in [-0.4, -0.2) is 55.3 Å². The molecule has 2 rings (SSSR count). The molecular weight excluding hydrogens is 366 g/mol. The second kappa shape index (κ2) is 13.7. The number of hydrogen-bond donors (Lipinski definition) is 2. The second-order valence-corrected chi connectivity index (χ2v) is 6.75. The molecule has 1 atom stereocenters. The van der Waals surface area contributed by atoms with Crippen molar-refractivity contribution in [2.24, 2.45) is 4.99 Å². The van der Waals surface area contributed by atoms with Gasteiger partial charge in [-0.2, -0.15) is 5.10 Å². The van der Waals surface area contributed by atoms with Crippen molar-refractivity contribution < 1.29 is 9.47 Å². The second-order valence-electron chi connectivity index (χ2n) is 6.75. The molecule has 7 heteroatoms. The molecule has 1 heterocycles. The number of nitrogens with one attached hydrogen (secondary N) is 2. The number of unbranched alkanes of at least 4 members (excludes halogenated alkanes) is 1. The molecule has 7 nitrogen and oxygen atoms in total. The van der Waals surface area contributed by atoms with E-state index in [0.29, 0.717) is 26.4 Å². The Kier molecular flexibility index (Phi) is 10.9. The Bertz CT molecular complexity index is 703. The minimum Gasteiger partial charge on any atom is -0.379 e.